The van der Waals surface area contributed by atoms with Gasteiger partial charge in [0, 0.05) is 23.9 Å². The summed E-state index contributed by atoms with van der Waals surface area (Å²) >= 11 is 5.92. The summed E-state index contributed by atoms with van der Waals surface area (Å²) in [4.78, 5) is 3.23. The average molecular weight is 286 g/mol. The number of hydrogen-bond acceptors (Lipinski definition) is 1. The van der Waals surface area contributed by atoms with E-state index in [9.17, 15) is 0 Å². The molecule has 0 radical (unpaired) electrons. The molecule has 0 aliphatic heterocycles. The summed E-state index contributed by atoms with van der Waals surface area (Å²) in [7, 11) is 0. The van der Waals surface area contributed by atoms with Crippen molar-refractivity contribution >= 4 is 22.5 Å². The van der Waals surface area contributed by atoms with E-state index in [4.69, 9.17) is 16.3 Å². The molecule has 1 atom stereocenters. The van der Waals surface area contributed by atoms with Crippen LogP contribution in [0.4, 0.5) is 0 Å². The molecule has 102 valence electrons. The molecule has 3 heteroatoms. The van der Waals surface area contributed by atoms with E-state index in [1.54, 1.807) is 0 Å². The molecule has 0 amide bonds. The van der Waals surface area contributed by atoms with Gasteiger partial charge in [0.25, 0.3) is 0 Å². The Morgan fingerprint density at radius 1 is 1.00 bits per heavy atom. The van der Waals surface area contributed by atoms with Crippen molar-refractivity contribution in [1.82, 2.24) is 4.98 Å². The van der Waals surface area contributed by atoms with E-state index in [0.717, 1.165) is 28.6 Å². The highest BCUT2D eigenvalue weighted by molar-refractivity contribution is 6.17. The third kappa shape index (κ3) is 2.66. The predicted molar refractivity (Wildman–Crippen MR) is 83.4 cm³/mol. The van der Waals surface area contributed by atoms with E-state index in [1.807, 2.05) is 42.6 Å². The highest BCUT2D eigenvalue weighted by Crippen LogP contribution is 2.30. The molecular formula is C17H16ClNO. The van der Waals surface area contributed by atoms with Crippen molar-refractivity contribution in [3.05, 3.63) is 66.4 Å². The Kier molecular flexibility index (Phi) is 3.93. The van der Waals surface area contributed by atoms with Gasteiger partial charge in [-0.2, -0.15) is 0 Å². The first-order chi connectivity index (χ1) is 9.88. The zero-order valence-electron chi connectivity index (χ0n) is 11.1. The molecule has 20 heavy (non-hydrogen) atoms. The first kappa shape index (κ1) is 13.1. The van der Waals surface area contributed by atoms with Gasteiger partial charge in [-0.1, -0.05) is 42.5 Å². The quantitative estimate of drug-likeness (QED) is 0.662. The molecule has 0 unspecified atom stereocenters. The molecule has 1 aromatic heterocycles. The lowest BCUT2D eigenvalue weighted by Crippen LogP contribution is -2.08. The van der Waals surface area contributed by atoms with Crippen LogP contribution in [0.2, 0.25) is 0 Å². The monoisotopic (exact) mass is 285 g/mol. The van der Waals surface area contributed by atoms with Crippen molar-refractivity contribution < 1.29 is 4.74 Å². The van der Waals surface area contributed by atoms with Crippen molar-refractivity contribution in [3.63, 3.8) is 0 Å². The molecule has 2 aromatic carbocycles. The fourth-order valence-corrected chi connectivity index (χ4v) is 2.57. The lowest BCUT2D eigenvalue weighted by Gasteiger charge is -2.19. The van der Waals surface area contributed by atoms with Crippen LogP contribution in [0, 0.1) is 0 Å². The lowest BCUT2D eigenvalue weighted by atomic mass is 10.1. The summed E-state index contributed by atoms with van der Waals surface area (Å²) in [6.45, 7) is 0. The summed E-state index contributed by atoms with van der Waals surface area (Å²) in [6, 6.07) is 18.3. The molecule has 0 saturated carbocycles. The predicted octanol–water partition coefficient (Wildman–Crippen LogP) is 4.92. The van der Waals surface area contributed by atoms with Gasteiger partial charge in [-0.25, -0.2) is 0 Å². The Balaban J connectivity index is 1.92. The molecule has 3 aromatic rings. The first-order valence-electron chi connectivity index (χ1n) is 6.72. The number of halogens is 1. The van der Waals surface area contributed by atoms with E-state index in [2.05, 4.69) is 23.2 Å². The second-order valence-corrected chi connectivity index (χ2v) is 5.07. The first-order valence-corrected chi connectivity index (χ1v) is 7.25. The summed E-state index contributed by atoms with van der Waals surface area (Å²) in [5.74, 6) is 1.44. The van der Waals surface area contributed by atoms with E-state index in [-0.39, 0.29) is 6.10 Å². The molecule has 0 fully saturated rings. The van der Waals surface area contributed by atoms with E-state index in [1.165, 1.54) is 0 Å². The van der Waals surface area contributed by atoms with Crippen LogP contribution in [0.25, 0.3) is 10.9 Å². The van der Waals surface area contributed by atoms with Gasteiger partial charge in [-0.15, -0.1) is 11.6 Å². The van der Waals surface area contributed by atoms with Crippen molar-refractivity contribution in [2.75, 3.05) is 5.88 Å². The van der Waals surface area contributed by atoms with Gasteiger partial charge in [0.1, 0.15) is 11.9 Å². The Morgan fingerprint density at radius 2 is 1.85 bits per heavy atom. The normalized spacial score (nSPS) is 12.4. The summed E-state index contributed by atoms with van der Waals surface area (Å²) in [6.07, 6.45) is 2.68. The van der Waals surface area contributed by atoms with Crippen molar-refractivity contribution in [3.8, 4) is 5.75 Å². The number of hydrogen-bond donors (Lipinski definition) is 1. The minimum absolute atomic E-state index is 0.0254. The maximum absolute atomic E-state index is 6.20. The number of para-hydroxylation sites is 1. The number of aromatic amines is 1. The Morgan fingerprint density at radius 3 is 2.65 bits per heavy atom. The summed E-state index contributed by atoms with van der Waals surface area (Å²) in [5.41, 5.74) is 2.18. The van der Waals surface area contributed by atoms with Crippen LogP contribution in [0.5, 0.6) is 5.75 Å². The number of rotatable bonds is 5. The fraction of sp³-hybridized carbons (Fsp3) is 0.176. The third-order valence-corrected chi connectivity index (χ3v) is 3.58. The zero-order chi connectivity index (χ0) is 13.8. The second kappa shape index (κ2) is 6.02. The third-order valence-electron chi connectivity index (χ3n) is 3.36. The molecule has 0 saturated heterocycles. The number of benzene rings is 2. The highest BCUT2D eigenvalue weighted by atomic mass is 35.5. The molecule has 3 rings (SSSR count). The molecule has 0 spiro atoms. The smallest absolute Gasteiger partial charge is 0.144 e. The number of ether oxygens (including phenoxy) is 1. The number of fused-ring (bicyclic) bond motifs is 1. The SMILES string of the molecule is ClCC[C@H](Oc1cccc2cc[nH]c12)c1ccccc1. The minimum atomic E-state index is -0.0254. The Bertz CT molecular complexity index is 678. The van der Waals surface area contributed by atoms with Crippen LogP contribution in [-0.4, -0.2) is 10.9 Å². The van der Waals surface area contributed by atoms with Gasteiger partial charge in [-0.3, -0.25) is 0 Å². The number of H-pyrrole nitrogens is 1. The zero-order valence-corrected chi connectivity index (χ0v) is 11.8. The highest BCUT2D eigenvalue weighted by Gasteiger charge is 2.14. The molecule has 1 N–H and O–H groups in total. The van der Waals surface area contributed by atoms with Crippen molar-refractivity contribution in [2.45, 2.75) is 12.5 Å². The van der Waals surface area contributed by atoms with Crippen molar-refractivity contribution in [2.24, 2.45) is 0 Å². The van der Waals surface area contributed by atoms with Crippen LogP contribution < -0.4 is 4.74 Å². The molecule has 0 bridgehead atoms. The van der Waals surface area contributed by atoms with Crippen LogP contribution in [0.15, 0.2) is 60.8 Å². The van der Waals surface area contributed by atoms with Crippen LogP contribution >= 0.6 is 11.6 Å². The van der Waals surface area contributed by atoms with Crippen molar-refractivity contribution in [1.29, 1.82) is 0 Å². The van der Waals surface area contributed by atoms with E-state index >= 15 is 0 Å². The molecule has 0 aliphatic carbocycles. The Hall–Kier alpha value is -1.93. The standard InChI is InChI=1S/C17H16ClNO/c18-11-9-15(13-5-2-1-3-6-13)20-16-8-4-7-14-10-12-19-17(14)16/h1-8,10,12,15,19H,9,11H2/t15-/m0/s1. The molecular weight excluding hydrogens is 270 g/mol. The molecule has 2 nitrogen and oxygen atoms in total. The summed E-state index contributed by atoms with van der Waals surface area (Å²) in [5, 5.41) is 1.15. The topological polar surface area (TPSA) is 25.0 Å². The van der Waals surface area contributed by atoms with Crippen LogP contribution in [-0.2, 0) is 0 Å². The van der Waals surface area contributed by atoms with Gasteiger partial charge in [0.05, 0.1) is 5.52 Å². The Labute approximate surface area is 123 Å². The second-order valence-electron chi connectivity index (χ2n) is 4.69. The number of nitrogens with one attached hydrogen (secondary N) is 1. The largest absolute Gasteiger partial charge is 0.483 e. The number of aromatic nitrogens is 1. The summed E-state index contributed by atoms with van der Waals surface area (Å²) < 4.78 is 6.20. The van der Waals surface area contributed by atoms with Gasteiger partial charge in [-0.05, 0) is 17.7 Å². The molecule has 1 heterocycles. The van der Waals surface area contributed by atoms with Gasteiger partial charge in [0.15, 0.2) is 0 Å². The van der Waals surface area contributed by atoms with Crippen LogP contribution in [0.1, 0.15) is 18.1 Å². The fourth-order valence-electron chi connectivity index (χ4n) is 2.37. The lowest BCUT2D eigenvalue weighted by molar-refractivity contribution is 0.204. The van der Waals surface area contributed by atoms with Crippen LogP contribution in [0.3, 0.4) is 0 Å². The van der Waals surface area contributed by atoms with Gasteiger partial charge in [0.2, 0.25) is 0 Å². The van der Waals surface area contributed by atoms with Gasteiger partial charge >= 0.3 is 0 Å². The molecule has 0 aliphatic rings. The van der Waals surface area contributed by atoms with E-state index in [0.29, 0.717) is 5.88 Å². The minimum Gasteiger partial charge on any atom is -0.483 e. The number of alkyl halides is 1. The van der Waals surface area contributed by atoms with Gasteiger partial charge < -0.3 is 9.72 Å². The average Bonchev–Trinajstić information content (AvgIpc) is 2.97. The van der Waals surface area contributed by atoms with E-state index < -0.39 is 0 Å². The maximum Gasteiger partial charge on any atom is 0.144 e. The maximum atomic E-state index is 6.20.